The molecule has 10 heteroatoms. The van der Waals surface area contributed by atoms with Crippen LogP contribution in [-0.4, -0.2) is 40.1 Å². The highest BCUT2D eigenvalue weighted by Gasteiger charge is 2.39. The van der Waals surface area contributed by atoms with E-state index < -0.39 is 22.9 Å². The van der Waals surface area contributed by atoms with Gasteiger partial charge in [-0.05, 0) is 60.5 Å². The number of amides is 2. The van der Waals surface area contributed by atoms with Crippen LogP contribution in [0, 0.1) is 12.7 Å². The van der Waals surface area contributed by atoms with Gasteiger partial charge in [-0.3, -0.25) is 9.59 Å². The Balaban J connectivity index is 1.34. The van der Waals surface area contributed by atoms with E-state index >= 15 is 0 Å². The lowest BCUT2D eigenvalue weighted by molar-refractivity contribution is -0.121. The number of carbonyl (C=O) groups is 2. The Kier molecular flexibility index (Phi) is 7.49. The maximum Gasteiger partial charge on any atom is 0.262 e. The molecule has 1 N–H and O–H groups in total. The summed E-state index contributed by atoms with van der Waals surface area (Å²) in [6, 6.07) is 19.6. The zero-order valence-electron chi connectivity index (χ0n) is 20.7. The molecule has 2 atom stereocenters. The first-order valence-electron chi connectivity index (χ1n) is 11.9. The number of hydrogen-bond acceptors (Lipinski definition) is 6. The van der Waals surface area contributed by atoms with E-state index in [0.717, 1.165) is 28.2 Å². The molecule has 0 saturated carbocycles. The van der Waals surface area contributed by atoms with E-state index in [4.69, 9.17) is 21.4 Å². The van der Waals surface area contributed by atoms with E-state index in [-0.39, 0.29) is 17.5 Å². The summed E-state index contributed by atoms with van der Waals surface area (Å²) in [6.45, 7) is 2.03. The Bertz CT molecular complexity index is 1440. The molecule has 2 amide bonds. The van der Waals surface area contributed by atoms with Crippen LogP contribution in [0.3, 0.4) is 0 Å². The van der Waals surface area contributed by atoms with Gasteiger partial charge in [0, 0.05) is 18.5 Å². The lowest BCUT2D eigenvalue weighted by Gasteiger charge is -2.23. The average Bonchev–Trinajstić information content (AvgIpc) is 3.51. The molecule has 0 aromatic heterocycles. The van der Waals surface area contributed by atoms with Crippen LogP contribution >= 0.6 is 23.4 Å². The topological polar surface area (TPSA) is 83.4 Å². The number of benzene rings is 3. The molecule has 0 radical (unpaired) electrons. The van der Waals surface area contributed by atoms with E-state index in [0.29, 0.717) is 17.3 Å². The number of amidine groups is 1. The third-order valence-electron chi connectivity index (χ3n) is 6.29. The van der Waals surface area contributed by atoms with E-state index in [1.807, 2.05) is 43.3 Å². The predicted molar refractivity (Wildman–Crippen MR) is 148 cm³/mol. The molecule has 7 nitrogen and oxygen atoms in total. The standard InChI is InChI=1S/C28H24ClFN4O3S/c1-16-3-5-18(6-4-16)24-14-23(17-7-10-20(37-2)11-8-17)33-34(24)28-32-27(36)25(38-28)15-26(35)31-19-9-12-22(30)21(29)13-19/h3-13,24-25H,14-15H2,1-2H3,(H,31,35)/t24-,25-/m0/s1. The number of methoxy groups -OCH3 is 1. The van der Waals surface area contributed by atoms with Gasteiger partial charge >= 0.3 is 0 Å². The normalized spacial score (nSPS) is 18.8. The highest BCUT2D eigenvalue weighted by atomic mass is 35.5. The quantitative estimate of drug-likeness (QED) is 0.408. The van der Waals surface area contributed by atoms with Gasteiger partial charge in [-0.1, -0.05) is 53.2 Å². The van der Waals surface area contributed by atoms with Crippen LogP contribution in [0.25, 0.3) is 0 Å². The van der Waals surface area contributed by atoms with Crippen LogP contribution in [0.5, 0.6) is 5.75 Å². The minimum Gasteiger partial charge on any atom is -0.497 e. The van der Waals surface area contributed by atoms with Crippen molar-refractivity contribution in [3.05, 3.63) is 94.3 Å². The molecule has 194 valence electrons. The molecule has 0 bridgehead atoms. The number of hydrazone groups is 1. The van der Waals surface area contributed by atoms with Crippen LogP contribution in [0.2, 0.25) is 5.02 Å². The van der Waals surface area contributed by atoms with Gasteiger partial charge in [0.25, 0.3) is 5.91 Å². The molecule has 0 fully saturated rings. The van der Waals surface area contributed by atoms with Crippen LogP contribution in [0.4, 0.5) is 10.1 Å². The van der Waals surface area contributed by atoms with Crippen LogP contribution in [0.15, 0.2) is 76.8 Å². The Labute approximate surface area is 228 Å². The number of rotatable bonds is 6. The van der Waals surface area contributed by atoms with Crippen molar-refractivity contribution < 1.29 is 18.7 Å². The smallest absolute Gasteiger partial charge is 0.262 e. The molecule has 0 unspecified atom stereocenters. The molecule has 0 aliphatic carbocycles. The van der Waals surface area contributed by atoms with Crippen LogP contribution in [-0.2, 0) is 9.59 Å². The summed E-state index contributed by atoms with van der Waals surface area (Å²) in [7, 11) is 1.62. The van der Waals surface area contributed by atoms with E-state index in [1.165, 1.54) is 30.0 Å². The molecule has 3 aromatic carbocycles. The van der Waals surface area contributed by atoms with Crippen molar-refractivity contribution in [1.29, 1.82) is 0 Å². The molecule has 0 spiro atoms. The first-order chi connectivity index (χ1) is 18.3. The fourth-order valence-electron chi connectivity index (χ4n) is 4.25. The fraction of sp³-hybridized carbons (Fsp3) is 0.214. The van der Waals surface area contributed by atoms with Crippen molar-refractivity contribution in [2.24, 2.45) is 10.1 Å². The van der Waals surface area contributed by atoms with Crippen molar-refractivity contribution in [3.63, 3.8) is 0 Å². The Morgan fingerprint density at radius 3 is 2.58 bits per heavy atom. The van der Waals surface area contributed by atoms with Crippen molar-refractivity contribution in [1.82, 2.24) is 5.01 Å². The zero-order chi connectivity index (χ0) is 26.8. The van der Waals surface area contributed by atoms with Gasteiger partial charge in [0.15, 0.2) is 5.17 Å². The number of nitrogens with one attached hydrogen (secondary N) is 1. The lowest BCUT2D eigenvalue weighted by Crippen LogP contribution is -2.25. The molecule has 38 heavy (non-hydrogen) atoms. The number of nitrogens with zero attached hydrogens (tertiary/aromatic N) is 3. The number of halogens is 2. The minimum absolute atomic E-state index is 0.0937. The summed E-state index contributed by atoms with van der Waals surface area (Å²) in [5.41, 5.74) is 4.36. The second-order valence-corrected chi connectivity index (χ2v) is 10.5. The van der Waals surface area contributed by atoms with Crippen LogP contribution in [0.1, 0.15) is 35.6 Å². The number of ether oxygens (including phenoxy) is 1. The molecular formula is C28H24ClFN4O3S. The highest BCUT2D eigenvalue weighted by Crippen LogP contribution is 2.39. The van der Waals surface area contributed by atoms with Gasteiger partial charge in [0.2, 0.25) is 5.91 Å². The number of hydrogen-bond donors (Lipinski definition) is 1. The summed E-state index contributed by atoms with van der Waals surface area (Å²) in [5.74, 6) is -0.612. The molecule has 5 rings (SSSR count). The van der Waals surface area contributed by atoms with Gasteiger partial charge in [-0.25, -0.2) is 9.40 Å². The van der Waals surface area contributed by atoms with Crippen LogP contribution < -0.4 is 10.1 Å². The SMILES string of the molecule is COc1ccc(C2=NN(C3=NC(=O)[C@H](CC(=O)Nc4ccc(F)c(Cl)c4)S3)[C@H](c3ccc(C)cc3)C2)cc1. The molecule has 0 saturated heterocycles. The Hall–Kier alpha value is -3.69. The molecule has 3 aromatic rings. The Morgan fingerprint density at radius 2 is 1.89 bits per heavy atom. The van der Waals surface area contributed by atoms with Gasteiger partial charge in [-0.15, -0.1) is 0 Å². The fourth-order valence-corrected chi connectivity index (χ4v) is 5.49. The number of carbonyl (C=O) groups excluding carboxylic acids is 2. The second kappa shape index (κ2) is 11.0. The largest absolute Gasteiger partial charge is 0.497 e. The first kappa shape index (κ1) is 25.9. The number of aryl methyl sites for hydroxylation is 1. The maximum atomic E-state index is 13.4. The number of anilines is 1. The van der Waals surface area contributed by atoms with E-state index in [9.17, 15) is 14.0 Å². The van der Waals surface area contributed by atoms with Crippen molar-refractivity contribution >= 4 is 51.7 Å². The van der Waals surface area contributed by atoms with Gasteiger partial charge in [0.05, 0.1) is 23.9 Å². The highest BCUT2D eigenvalue weighted by molar-refractivity contribution is 8.15. The van der Waals surface area contributed by atoms with Gasteiger partial charge in [0.1, 0.15) is 16.8 Å². The monoisotopic (exact) mass is 550 g/mol. The maximum absolute atomic E-state index is 13.4. The van der Waals surface area contributed by atoms with Crippen molar-refractivity contribution in [2.75, 3.05) is 12.4 Å². The Morgan fingerprint density at radius 1 is 1.16 bits per heavy atom. The minimum atomic E-state index is -0.695. The number of thioether (sulfide) groups is 1. The predicted octanol–water partition coefficient (Wildman–Crippen LogP) is 5.97. The average molecular weight is 551 g/mol. The number of aliphatic imine (C=N–C) groups is 1. The van der Waals surface area contributed by atoms with E-state index in [1.54, 1.807) is 12.1 Å². The van der Waals surface area contributed by atoms with E-state index in [2.05, 4.69) is 22.4 Å². The summed E-state index contributed by atoms with van der Waals surface area (Å²) >= 11 is 7.02. The summed E-state index contributed by atoms with van der Waals surface area (Å²) < 4.78 is 18.7. The third-order valence-corrected chi connectivity index (χ3v) is 7.73. The van der Waals surface area contributed by atoms with Gasteiger partial charge in [-0.2, -0.15) is 10.1 Å². The first-order valence-corrected chi connectivity index (χ1v) is 13.2. The zero-order valence-corrected chi connectivity index (χ0v) is 22.2. The van der Waals surface area contributed by atoms with Crippen molar-refractivity contribution in [2.45, 2.75) is 31.1 Å². The second-order valence-electron chi connectivity index (χ2n) is 8.97. The summed E-state index contributed by atoms with van der Waals surface area (Å²) in [4.78, 5) is 29.7. The molecule has 2 heterocycles. The van der Waals surface area contributed by atoms with Gasteiger partial charge < -0.3 is 10.1 Å². The lowest BCUT2D eigenvalue weighted by atomic mass is 9.98. The molecule has 2 aliphatic heterocycles. The summed E-state index contributed by atoms with van der Waals surface area (Å²) in [5, 5.41) is 8.97. The molecule has 2 aliphatic rings. The molecular weight excluding hydrogens is 527 g/mol. The summed E-state index contributed by atoms with van der Waals surface area (Å²) in [6.07, 6.45) is 0.531. The van der Waals surface area contributed by atoms with Crippen molar-refractivity contribution in [3.8, 4) is 5.75 Å². The third kappa shape index (κ3) is 5.58.